The Morgan fingerprint density at radius 1 is 1.67 bits per heavy atom. The highest BCUT2D eigenvalue weighted by Gasteiger charge is 1.92. The molecule has 0 atom stereocenters. The van der Waals surface area contributed by atoms with E-state index in [9.17, 15) is 10.0 Å². The van der Waals surface area contributed by atoms with Gasteiger partial charge < -0.3 is 10.3 Å². The first-order valence-electron chi connectivity index (χ1n) is 3.28. The van der Waals surface area contributed by atoms with Crippen molar-refractivity contribution in [3.8, 4) is 0 Å². The highest BCUT2D eigenvalue weighted by molar-refractivity contribution is 5.85. The van der Waals surface area contributed by atoms with Gasteiger partial charge in [0.25, 0.3) is 0 Å². The summed E-state index contributed by atoms with van der Waals surface area (Å²) in [6, 6.07) is 3.20. The Morgan fingerprint density at radius 3 is 3.00 bits per heavy atom. The molecule has 0 fully saturated rings. The lowest BCUT2D eigenvalue weighted by Crippen LogP contribution is -2.24. The molecule has 4 nitrogen and oxygen atoms in total. The summed E-state index contributed by atoms with van der Waals surface area (Å²) >= 11 is 0. The molecule has 4 heteroatoms. The molecule has 0 bridgehead atoms. The molecule has 0 saturated carbocycles. The van der Waals surface area contributed by atoms with Gasteiger partial charge in [0, 0.05) is 17.7 Å². The number of nitrogens with zero attached hydrogens (tertiary/aromatic N) is 1. The van der Waals surface area contributed by atoms with E-state index in [1.165, 1.54) is 18.5 Å². The van der Waals surface area contributed by atoms with Crippen LogP contribution < -0.4 is 4.73 Å². The van der Waals surface area contributed by atoms with E-state index in [0.717, 1.165) is 6.08 Å². The summed E-state index contributed by atoms with van der Waals surface area (Å²) in [5.74, 6) is -1.03. The van der Waals surface area contributed by atoms with E-state index in [2.05, 4.69) is 0 Å². The van der Waals surface area contributed by atoms with Gasteiger partial charge in [-0.2, -0.15) is 4.73 Å². The standard InChI is InChI=1S/C8H7NO3/c10-8(11)4-3-7-2-1-5-9(12)6-7/h1-6H,(H,10,11)/b4-3+. The third-order valence-electron chi connectivity index (χ3n) is 1.22. The second-order valence-corrected chi connectivity index (χ2v) is 2.17. The van der Waals surface area contributed by atoms with Crippen molar-refractivity contribution in [1.82, 2.24) is 0 Å². The van der Waals surface area contributed by atoms with Crippen LogP contribution in [0.15, 0.2) is 30.6 Å². The number of pyridine rings is 1. The molecule has 1 N–H and O–H groups in total. The molecule has 1 rings (SSSR count). The van der Waals surface area contributed by atoms with Crippen LogP contribution >= 0.6 is 0 Å². The average Bonchev–Trinajstić information content (AvgIpc) is 2.01. The molecule has 0 radical (unpaired) electrons. The third kappa shape index (κ3) is 2.42. The summed E-state index contributed by atoms with van der Waals surface area (Å²) in [5.41, 5.74) is 0.565. The van der Waals surface area contributed by atoms with Crippen LogP contribution in [0.4, 0.5) is 0 Å². The SMILES string of the molecule is O=C(O)/C=C/c1ccc[n+]([O-])c1. The summed E-state index contributed by atoms with van der Waals surface area (Å²) in [4.78, 5) is 10.1. The Morgan fingerprint density at radius 2 is 2.42 bits per heavy atom. The van der Waals surface area contributed by atoms with Gasteiger partial charge in [-0.1, -0.05) is 0 Å². The molecule has 62 valence electrons. The number of carbonyl (C=O) groups is 1. The first-order chi connectivity index (χ1) is 5.68. The van der Waals surface area contributed by atoms with E-state index >= 15 is 0 Å². The second-order valence-electron chi connectivity index (χ2n) is 2.17. The van der Waals surface area contributed by atoms with E-state index < -0.39 is 5.97 Å². The van der Waals surface area contributed by atoms with Crippen LogP contribution in [0.1, 0.15) is 5.56 Å². The van der Waals surface area contributed by atoms with Crippen molar-refractivity contribution >= 4 is 12.0 Å². The predicted molar refractivity (Wildman–Crippen MR) is 42.1 cm³/mol. The minimum atomic E-state index is -1.03. The van der Waals surface area contributed by atoms with Gasteiger partial charge in [-0.15, -0.1) is 0 Å². The summed E-state index contributed by atoms with van der Waals surface area (Å²) in [7, 11) is 0. The zero-order valence-electron chi connectivity index (χ0n) is 6.18. The average molecular weight is 165 g/mol. The van der Waals surface area contributed by atoms with Crippen molar-refractivity contribution in [2.45, 2.75) is 0 Å². The molecule has 12 heavy (non-hydrogen) atoms. The maximum atomic E-state index is 10.7. The molecular formula is C8H7NO3. The van der Waals surface area contributed by atoms with Crippen molar-refractivity contribution in [2.24, 2.45) is 0 Å². The third-order valence-corrected chi connectivity index (χ3v) is 1.22. The Hall–Kier alpha value is -1.84. The zero-order valence-corrected chi connectivity index (χ0v) is 6.18. The van der Waals surface area contributed by atoms with Crippen LogP contribution in [-0.4, -0.2) is 11.1 Å². The number of rotatable bonds is 2. The van der Waals surface area contributed by atoms with Gasteiger partial charge in [-0.05, 0) is 12.1 Å². The lowest BCUT2D eigenvalue weighted by Gasteiger charge is -1.94. The van der Waals surface area contributed by atoms with E-state index in [4.69, 9.17) is 5.11 Å². The fourth-order valence-corrected chi connectivity index (χ4v) is 0.738. The van der Waals surface area contributed by atoms with Gasteiger partial charge in [0.05, 0.1) is 0 Å². The molecule has 0 spiro atoms. The second kappa shape index (κ2) is 3.52. The Bertz CT molecular complexity index is 320. The summed E-state index contributed by atoms with van der Waals surface area (Å²) < 4.78 is 0.613. The summed E-state index contributed by atoms with van der Waals surface area (Å²) in [6.45, 7) is 0. The van der Waals surface area contributed by atoms with Crippen LogP contribution in [0.5, 0.6) is 0 Å². The molecule has 0 unspecified atom stereocenters. The van der Waals surface area contributed by atoms with Gasteiger partial charge in [-0.3, -0.25) is 0 Å². The minimum absolute atomic E-state index is 0.565. The van der Waals surface area contributed by atoms with Crippen molar-refractivity contribution in [3.05, 3.63) is 41.4 Å². The predicted octanol–water partition coefficient (Wildman–Crippen LogP) is 0.418. The van der Waals surface area contributed by atoms with E-state index in [1.807, 2.05) is 0 Å². The van der Waals surface area contributed by atoms with Crippen molar-refractivity contribution in [2.75, 3.05) is 0 Å². The van der Waals surface area contributed by atoms with Gasteiger partial charge in [0.2, 0.25) is 0 Å². The smallest absolute Gasteiger partial charge is 0.328 e. The Kier molecular flexibility index (Phi) is 2.42. The van der Waals surface area contributed by atoms with Gasteiger partial charge >= 0.3 is 5.97 Å². The summed E-state index contributed by atoms with van der Waals surface area (Å²) in [6.07, 6.45) is 4.96. The number of hydrogen-bond acceptors (Lipinski definition) is 2. The van der Waals surface area contributed by atoms with E-state index in [1.54, 1.807) is 12.1 Å². The normalized spacial score (nSPS) is 10.3. The lowest BCUT2D eigenvalue weighted by molar-refractivity contribution is -0.605. The Labute approximate surface area is 69.0 Å². The van der Waals surface area contributed by atoms with Crippen LogP contribution in [-0.2, 0) is 4.79 Å². The molecule has 1 aromatic heterocycles. The maximum Gasteiger partial charge on any atom is 0.328 e. The highest BCUT2D eigenvalue weighted by Crippen LogP contribution is 1.96. The van der Waals surface area contributed by atoms with Gasteiger partial charge in [0.1, 0.15) is 0 Å². The molecule has 0 aliphatic carbocycles. The minimum Gasteiger partial charge on any atom is -0.619 e. The van der Waals surface area contributed by atoms with Crippen LogP contribution in [0.25, 0.3) is 6.08 Å². The molecule has 0 aliphatic heterocycles. The number of carboxylic acid groups (broad SMARTS) is 1. The quantitative estimate of drug-likeness (QED) is 0.392. The van der Waals surface area contributed by atoms with E-state index in [0.29, 0.717) is 10.3 Å². The topological polar surface area (TPSA) is 64.2 Å². The molecular weight excluding hydrogens is 158 g/mol. The molecule has 0 aliphatic rings. The monoisotopic (exact) mass is 165 g/mol. The fourth-order valence-electron chi connectivity index (χ4n) is 0.738. The fraction of sp³-hybridized carbons (Fsp3) is 0. The molecule has 1 aromatic rings. The molecule has 0 saturated heterocycles. The molecule has 0 aromatic carbocycles. The van der Waals surface area contributed by atoms with Gasteiger partial charge in [-0.25, -0.2) is 4.79 Å². The highest BCUT2D eigenvalue weighted by atomic mass is 16.5. The first-order valence-corrected chi connectivity index (χ1v) is 3.28. The van der Waals surface area contributed by atoms with E-state index in [-0.39, 0.29) is 0 Å². The lowest BCUT2D eigenvalue weighted by atomic mass is 10.2. The molecule has 1 heterocycles. The zero-order chi connectivity index (χ0) is 8.97. The number of hydrogen-bond donors (Lipinski definition) is 1. The molecule has 0 amide bonds. The number of aliphatic carboxylic acids is 1. The van der Waals surface area contributed by atoms with Crippen LogP contribution in [0.3, 0.4) is 0 Å². The van der Waals surface area contributed by atoms with Crippen molar-refractivity contribution < 1.29 is 14.6 Å². The number of carboxylic acids is 1. The van der Waals surface area contributed by atoms with Crippen LogP contribution in [0.2, 0.25) is 0 Å². The van der Waals surface area contributed by atoms with Crippen molar-refractivity contribution in [1.29, 1.82) is 0 Å². The summed E-state index contributed by atoms with van der Waals surface area (Å²) in [5, 5.41) is 18.9. The largest absolute Gasteiger partial charge is 0.619 e. The Balaban J connectivity index is 2.83. The number of aromatic nitrogens is 1. The van der Waals surface area contributed by atoms with Crippen LogP contribution in [0, 0.1) is 5.21 Å². The maximum absolute atomic E-state index is 10.7. The van der Waals surface area contributed by atoms with Gasteiger partial charge in [0.15, 0.2) is 12.4 Å². The van der Waals surface area contributed by atoms with Crippen molar-refractivity contribution in [3.63, 3.8) is 0 Å². The first kappa shape index (κ1) is 8.26.